The fraction of sp³-hybridized carbons (Fsp3) is 0.571. The van der Waals surface area contributed by atoms with E-state index in [-0.39, 0.29) is 144 Å². The fourth-order valence-electron chi connectivity index (χ4n) is 16.4. The largest absolute Gasteiger partial charge is 1.00 e. The molecule has 5 aliphatic rings. The van der Waals surface area contributed by atoms with E-state index in [2.05, 4.69) is 72.2 Å². The van der Waals surface area contributed by atoms with Gasteiger partial charge in [-0.25, -0.2) is 49.6 Å². The van der Waals surface area contributed by atoms with Gasteiger partial charge in [-0.15, -0.1) is 0 Å². The van der Waals surface area contributed by atoms with Crippen molar-refractivity contribution >= 4 is 26.4 Å². The number of nitrogens with zero attached hydrogens (tertiary/aromatic N) is 10. The van der Waals surface area contributed by atoms with E-state index < -0.39 is 169 Å². The number of hydrogen-bond acceptors (Lipinski definition) is 33. The number of carbonyl (C=O) groups excluding carboxylic acids is 3. The number of benzene rings is 3. The molecule has 0 amide bonds. The number of aryl methyl sites for hydroxylation is 8. The number of aromatic amines is 5. The van der Waals surface area contributed by atoms with E-state index >= 15 is 0 Å². The second-order valence-corrected chi connectivity index (χ2v) is 36.5. The van der Waals surface area contributed by atoms with Gasteiger partial charge in [0.15, 0.2) is 31.1 Å². The molecule has 1 unspecified atom stereocenters. The van der Waals surface area contributed by atoms with Gasteiger partial charge in [0.05, 0.1) is 60.3 Å². The Labute approximate surface area is 867 Å². The predicted molar refractivity (Wildman–Crippen MR) is 535 cm³/mol. The summed E-state index contributed by atoms with van der Waals surface area (Å²) in [7, 11) is -1.40. The first-order chi connectivity index (χ1) is 67.6. The Kier molecular flexibility index (Phi) is 51.0. The molecule has 10 heterocycles. The average molecular weight is 2080 g/mol. The molecule has 5 aromatic heterocycles. The number of nitrogens with two attached hydrogens (primary N) is 1. The number of hydrogen-bond donors (Lipinski definition) is 7. The van der Waals surface area contributed by atoms with Crippen molar-refractivity contribution in [3.63, 3.8) is 0 Å². The van der Waals surface area contributed by atoms with Crippen molar-refractivity contribution in [3.05, 3.63) is 291 Å². The molecule has 798 valence electrons. The molecule has 21 atom stereocenters. The molecule has 0 aliphatic carbocycles. The Morgan fingerprint density at radius 1 is 0.438 bits per heavy atom. The van der Waals surface area contributed by atoms with Crippen molar-refractivity contribution in [1.29, 1.82) is 0 Å². The van der Waals surface area contributed by atoms with E-state index in [1.165, 1.54) is 53.8 Å². The molecule has 146 heavy (non-hydrogen) atoms. The maximum atomic E-state index is 12.5. The maximum absolute atomic E-state index is 12.5. The summed E-state index contributed by atoms with van der Waals surface area (Å²) in [4.78, 5) is 174. The first-order valence-corrected chi connectivity index (χ1v) is 48.0. The van der Waals surface area contributed by atoms with Crippen LogP contribution >= 0.6 is 8.53 Å². The number of ether oxygens (including phenoxy) is 13. The van der Waals surface area contributed by atoms with Crippen molar-refractivity contribution in [2.45, 2.75) is 270 Å². The Morgan fingerprint density at radius 3 is 1.01 bits per heavy atom. The molecule has 5 fully saturated rings. The number of carbonyl (C=O) groups is 3. The zero-order valence-corrected chi connectivity index (χ0v) is 87.7. The molecule has 0 spiro atoms. The molecular formula is C98H140N16NaO30P. The van der Waals surface area contributed by atoms with Crippen LogP contribution in [0.3, 0.4) is 0 Å². The summed E-state index contributed by atoms with van der Waals surface area (Å²) < 4.78 is 95.7. The third-order valence-electron chi connectivity index (χ3n) is 24.1. The van der Waals surface area contributed by atoms with Crippen LogP contribution in [0.5, 0.6) is 0 Å². The van der Waals surface area contributed by atoms with E-state index in [1.807, 2.05) is 86.6 Å². The minimum atomic E-state index is -1.40. The normalized spacial score (nSPS) is 23.8. The predicted octanol–water partition coefficient (Wildman–Crippen LogP) is 5.54. The van der Waals surface area contributed by atoms with E-state index in [1.54, 1.807) is 97.0 Å². The molecule has 13 rings (SSSR count). The minimum Gasteiger partial charge on any atom is -0.870 e. The average Bonchev–Trinajstić information content (AvgIpc) is 1.68. The summed E-state index contributed by atoms with van der Waals surface area (Å²) in [6.07, 6.45) is -2.05. The number of aromatic nitrogens is 10. The standard InChI is InChI=1S/C22H37N4O6P.C21H26N2O6.C20H23N5O6.C20H25N3O6.C13H20N2O5.2CH4.Na.H2O/c1-9-29-19-17(7)18(32-21(19)25-12-16(6)20(27)24-22(25)28)13-31-33(30-11-10-23-8)26(14(2)3)15(4)5;1-5-27-17-14(4)16(11-28-20(25)15-8-6-12(2)7-9-15)29-19(17)23-10-13(3)18(24)22-21(23)26;1-4-29-16-15(23-24-21)14(10-30-19(27)13-7-5-11(2)6-8-13)31-18(16)25-9-12(3)17(26)22-20(25)28;1-4-27-16-15(21)14(10-28-19(25)13-7-5-11(2)6-8-13)29-18(16)23-9-12(3)17(24)22-20(23)26;1-4-19-10-8(3)9(6-16)20-12(10)15-5-7(2)11(17)14-13(15)18;;;;/h12,14-15,17-19,21H,9-11,13H2,1-7H3,(H,24,27,28);6-10,14,16-17,19H,5,11H2,1-4H3,(H,22,24,26);5-9,14-16,18H,4,10H2,1-3H3,(H,22,26,28);5-9,14-16,18H,4,10,21H2,1-3H3,(H,22,24,26);5,8-10,12,16H,4,6H2,1-3H3,(H,14,17,18);2*1H4;;1H2/q;;;;;;;+1;/p-1/t17-,18-,19-,21-,33?;14-,16-,17-,19-;2*14-,15-,16-,18-;8-,9-,10-,12-;;;;/m11111..../s1. The van der Waals surface area contributed by atoms with Crippen LogP contribution in [0.1, 0.15) is 205 Å². The topological polar surface area (TPSA) is 597 Å². The third kappa shape index (κ3) is 32.3. The Morgan fingerprint density at radius 2 is 0.705 bits per heavy atom. The van der Waals surface area contributed by atoms with Crippen LogP contribution in [-0.2, 0) is 70.6 Å². The summed E-state index contributed by atoms with van der Waals surface area (Å²) in [6, 6.07) is 19.9. The number of nitrogens with one attached hydrogen (secondary N) is 5. The van der Waals surface area contributed by atoms with E-state index in [4.69, 9.17) is 88.5 Å². The van der Waals surface area contributed by atoms with E-state index in [0.29, 0.717) is 77.5 Å². The zero-order chi connectivity index (χ0) is 104. The van der Waals surface area contributed by atoms with Gasteiger partial charge in [0.2, 0.25) is 6.54 Å². The molecule has 9 N–H and O–H groups in total. The van der Waals surface area contributed by atoms with Crippen molar-refractivity contribution in [2.24, 2.45) is 28.6 Å². The first kappa shape index (κ1) is 126. The van der Waals surface area contributed by atoms with Gasteiger partial charge < -0.3 is 91.8 Å². The van der Waals surface area contributed by atoms with E-state index in [0.717, 1.165) is 16.7 Å². The Bertz CT molecular complexity index is 6120. The van der Waals surface area contributed by atoms with Crippen LogP contribution in [0.15, 0.2) is 157 Å². The second-order valence-electron chi connectivity index (χ2n) is 35.1. The molecule has 3 aromatic carbocycles. The maximum Gasteiger partial charge on any atom is 1.00 e. The summed E-state index contributed by atoms with van der Waals surface area (Å²) in [6.45, 7) is 46.5. The zero-order valence-electron chi connectivity index (χ0n) is 84.8. The van der Waals surface area contributed by atoms with Crippen LogP contribution in [0.25, 0.3) is 15.3 Å². The molecule has 0 bridgehead atoms. The number of aliphatic hydroxyl groups excluding tert-OH is 1. The smallest absolute Gasteiger partial charge is 0.870 e. The number of esters is 3. The summed E-state index contributed by atoms with van der Waals surface area (Å²) >= 11 is 0. The van der Waals surface area contributed by atoms with Gasteiger partial charge in [0.1, 0.15) is 69.2 Å². The first-order valence-electron chi connectivity index (χ1n) is 46.8. The molecule has 48 heteroatoms. The molecule has 0 saturated carbocycles. The quantitative estimate of drug-likeness (QED) is 0.00295. The van der Waals surface area contributed by atoms with Crippen molar-refractivity contribution in [2.75, 3.05) is 79.2 Å². The van der Waals surface area contributed by atoms with Crippen LogP contribution in [0.2, 0.25) is 0 Å². The van der Waals surface area contributed by atoms with Crippen LogP contribution in [0, 0.1) is 79.7 Å². The van der Waals surface area contributed by atoms with Gasteiger partial charge in [0, 0.05) is 127 Å². The molecule has 46 nitrogen and oxygen atoms in total. The fourth-order valence-corrected chi connectivity index (χ4v) is 18.0. The Hall–Kier alpha value is -10.9. The molecular weight excluding hydrogens is 1940 g/mol. The number of aliphatic hydroxyl groups is 1. The SMILES string of the molecule is C.C.CCO[C@@H]1[C@H](C)[C@@H](CO)O[C@H]1n1cc(C)c(=O)[nH]c1=O.CCO[C@@H]1[C@H](C)[C@@H](COC(=O)c2ccc(C)cc2)O[C@H]1n1cc(C)c(=O)[nH]c1=O.CCO[C@@H]1[C@H](N)[C@@H](COC(=O)c2ccc(C)cc2)O[C@H]1n1cc(C)c(=O)[nH]c1=O.CCO[C@@H]1[C@H](N=[N+]=[N-])[C@@H](COC(=O)c2ccc(C)cc2)O[C@H]1n1cc(C)c(=O)[nH]c1=O.[C-]#[N+]CCOP(OC[C@H]1O[C@@H](n2cc(C)c(=O)[nH]c2=O)[C@H](OCC)[C@@H]1C)N(C(C)C)C(C)C.[Na+].[OH-]. The van der Waals surface area contributed by atoms with Crippen molar-refractivity contribution in [3.8, 4) is 0 Å². The Balaban J connectivity index is 0.000000321. The van der Waals surface area contributed by atoms with Crippen molar-refractivity contribution < 1.29 is 125 Å². The van der Waals surface area contributed by atoms with Gasteiger partial charge >= 0.3 is 75.9 Å². The monoisotopic (exact) mass is 2070 g/mol. The van der Waals surface area contributed by atoms with Gasteiger partial charge in [-0.05, 0) is 160 Å². The number of rotatable bonds is 35. The van der Waals surface area contributed by atoms with Gasteiger partial charge in [-0.3, -0.25) is 71.7 Å². The molecule has 5 aliphatic heterocycles. The number of azide groups is 1. The van der Waals surface area contributed by atoms with Crippen molar-refractivity contribution in [1.82, 2.24) is 52.4 Å². The van der Waals surface area contributed by atoms with Crippen LogP contribution in [0.4, 0.5) is 0 Å². The third-order valence-corrected chi connectivity index (χ3v) is 26.2. The summed E-state index contributed by atoms with van der Waals surface area (Å²) in [5.41, 5.74) is 16.3. The van der Waals surface area contributed by atoms with Gasteiger partial charge in [-0.1, -0.05) is 93.8 Å². The minimum absolute atomic E-state index is 0. The molecule has 0 radical (unpaired) electrons. The summed E-state index contributed by atoms with van der Waals surface area (Å²) in [5, 5.41) is 13.1. The second kappa shape index (κ2) is 59.3. The molecule has 5 saturated heterocycles. The molecule has 8 aromatic rings. The van der Waals surface area contributed by atoms with Gasteiger partial charge in [-0.2, -0.15) is 0 Å². The van der Waals surface area contributed by atoms with Crippen LogP contribution in [-0.4, -0.2) is 245 Å². The number of H-pyrrole nitrogens is 5. The van der Waals surface area contributed by atoms with Crippen LogP contribution < -0.4 is 91.5 Å². The summed E-state index contributed by atoms with van der Waals surface area (Å²) in [5.74, 6) is -1.74. The van der Waals surface area contributed by atoms with E-state index in [9.17, 15) is 67.4 Å². The van der Waals surface area contributed by atoms with Gasteiger partial charge in [0.25, 0.3) is 36.3 Å².